The van der Waals surface area contributed by atoms with E-state index in [0.717, 1.165) is 9.08 Å². The number of benzene rings is 2. The van der Waals surface area contributed by atoms with E-state index >= 15 is 0 Å². The number of aromatic nitrogens is 5. The van der Waals surface area contributed by atoms with E-state index in [0.29, 0.717) is 50.6 Å². The number of primary amides is 1. The molecule has 0 unspecified atom stereocenters. The van der Waals surface area contributed by atoms with Crippen LogP contribution >= 0.6 is 11.6 Å². The molecule has 2 aromatic heterocycles. The number of anilines is 2. The number of phenolic OH excluding ortho intramolecular Hbond substituents is 2. The summed E-state index contributed by atoms with van der Waals surface area (Å²) in [5.74, 6) is -2.39. The zero-order valence-corrected chi connectivity index (χ0v) is 26.3. The van der Waals surface area contributed by atoms with Crippen molar-refractivity contribution in [3.8, 4) is 11.5 Å². The van der Waals surface area contributed by atoms with E-state index in [-0.39, 0.29) is 70.7 Å². The van der Waals surface area contributed by atoms with Gasteiger partial charge in [-0.25, -0.2) is 14.2 Å². The smallest absolute Gasteiger partial charge is 0.353 e. The second-order valence-electron chi connectivity index (χ2n) is 10.2. The standard InChI is InChI=1S/C22H28N4O6.C7H7ClN6O2/c27-11-9-23-5-7-25-13-1-2-14(26-8-6-24-10-12-28)18-17(13)21(31)19-15(29)3-4-16(30)20(19)22(18)32;8-1-2-14-7(16)13-3-10-4(5(9)15)6(13)11-12-14/h1-4,23-30H,5-12H2;3H,1-2H2,(H2,9,15). The summed E-state index contributed by atoms with van der Waals surface area (Å²) < 4.78 is 2.17. The number of aliphatic hydroxyl groups excluding tert-OH is 2. The number of amides is 1. The maximum absolute atomic E-state index is 13.4. The number of aryl methyl sites for hydroxylation is 1. The van der Waals surface area contributed by atoms with Gasteiger partial charge in [-0.1, -0.05) is 5.21 Å². The van der Waals surface area contributed by atoms with Crippen LogP contribution in [0.25, 0.3) is 5.65 Å². The van der Waals surface area contributed by atoms with E-state index < -0.39 is 23.2 Å². The van der Waals surface area contributed by atoms with Crippen molar-refractivity contribution in [1.29, 1.82) is 0 Å². The molecule has 0 saturated carbocycles. The van der Waals surface area contributed by atoms with Crippen LogP contribution < -0.4 is 32.7 Å². The number of fused-ring (bicyclic) bond motifs is 3. The molecular weight excluding hydrogens is 652 g/mol. The Balaban J connectivity index is 0.000000271. The number of aromatic hydroxyl groups is 2. The molecule has 19 heteroatoms. The Morgan fingerprint density at radius 3 is 1.77 bits per heavy atom. The van der Waals surface area contributed by atoms with Crippen LogP contribution in [0, 0.1) is 0 Å². The molecule has 0 fully saturated rings. The van der Waals surface area contributed by atoms with Crippen LogP contribution in [-0.2, 0) is 6.54 Å². The molecule has 5 rings (SSSR count). The van der Waals surface area contributed by atoms with Crippen molar-refractivity contribution in [1.82, 2.24) is 35.0 Å². The largest absolute Gasteiger partial charge is 0.507 e. The van der Waals surface area contributed by atoms with Gasteiger partial charge in [-0.05, 0) is 24.3 Å². The van der Waals surface area contributed by atoms with E-state index in [2.05, 4.69) is 36.6 Å². The summed E-state index contributed by atoms with van der Waals surface area (Å²) in [6.45, 7) is 3.04. The van der Waals surface area contributed by atoms with Gasteiger partial charge in [-0.2, -0.15) is 4.68 Å². The van der Waals surface area contributed by atoms with Gasteiger partial charge >= 0.3 is 5.69 Å². The number of carbonyl (C=O) groups excluding carboxylic acids is 3. The molecule has 0 aliphatic heterocycles. The third kappa shape index (κ3) is 7.69. The molecule has 1 amide bonds. The molecule has 256 valence electrons. The second kappa shape index (κ2) is 16.6. The minimum Gasteiger partial charge on any atom is -0.507 e. The first kappa shape index (κ1) is 35.7. The highest BCUT2D eigenvalue weighted by atomic mass is 35.5. The monoisotopic (exact) mass is 686 g/mol. The molecule has 1 aliphatic rings. The van der Waals surface area contributed by atoms with E-state index in [1.54, 1.807) is 12.1 Å². The molecule has 0 saturated heterocycles. The normalized spacial score (nSPS) is 11.9. The maximum Gasteiger partial charge on any atom is 0.353 e. The number of ketones is 2. The Hall–Kier alpha value is -5.14. The quantitative estimate of drug-likeness (QED) is 0.0344. The Bertz CT molecular complexity index is 1780. The Morgan fingerprint density at radius 1 is 0.792 bits per heavy atom. The highest BCUT2D eigenvalue weighted by Crippen LogP contribution is 2.42. The van der Waals surface area contributed by atoms with Crippen molar-refractivity contribution in [2.24, 2.45) is 5.73 Å². The van der Waals surface area contributed by atoms with Gasteiger partial charge in [0.25, 0.3) is 5.91 Å². The fraction of sp³-hybridized carbons (Fsp3) is 0.345. The Morgan fingerprint density at radius 2 is 1.31 bits per heavy atom. The van der Waals surface area contributed by atoms with Gasteiger partial charge in [-0.3, -0.25) is 14.4 Å². The van der Waals surface area contributed by atoms with E-state index in [1.807, 2.05) is 0 Å². The van der Waals surface area contributed by atoms with Crippen molar-refractivity contribution in [3.63, 3.8) is 0 Å². The number of nitrogens with one attached hydrogen (secondary N) is 4. The van der Waals surface area contributed by atoms with Crippen LogP contribution in [0.2, 0.25) is 0 Å². The Labute approximate surface area is 277 Å². The van der Waals surface area contributed by atoms with Crippen LogP contribution in [-0.4, -0.2) is 121 Å². The summed E-state index contributed by atoms with van der Waals surface area (Å²) in [6, 6.07) is 5.74. The van der Waals surface area contributed by atoms with Crippen molar-refractivity contribution < 1.29 is 34.8 Å². The van der Waals surface area contributed by atoms with Gasteiger partial charge in [-0.15, -0.1) is 16.7 Å². The summed E-state index contributed by atoms with van der Waals surface area (Å²) in [7, 11) is 0. The summed E-state index contributed by atoms with van der Waals surface area (Å²) in [5.41, 5.74) is 5.23. The average molecular weight is 687 g/mol. The number of halogens is 1. The topological polar surface area (TPSA) is 271 Å². The third-order valence-corrected chi connectivity index (χ3v) is 7.20. The number of nitrogens with two attached hydrogens (primary N) is 1. The molecular formula is C29H35ClN10O8. The summed E-state index contributed by atoms with van der Waals surface area (Å²) in [5, 5.41) is 57.9. The lowest BCUT2D eigenvalue weighted by atomic mass is 9.81. The van der Waals surface area contributed by atoms with Crippen molar-refractivity contribution >= 4 is 46.1 Å². The van der Waals surface area contributed by atoms with E-state index in [4.69, 9.17) is 27.5 Å². The van der Waals surface area contributed by atoms with Gasteiger partial charge < -0.3 is 47.4 Å². The van der Waals surface area contributed by atoms with E-state index in [9.17, 15) is 29.4 Å². The average Bonchev–Trinajstić information content (AvgIpc) is 3.52. The minimum absolute atomic E-state index is 0.00939. The predicted octanol–water partition coefficient (Wildman–Crippen LogP) is -1.52. The molecule has 48 heavy (non-hydrogen) atoms. The van der Waals surface area contributed by atoms with Crippen LogP contribution in [0.4, 0.5) is 11.4 Å². The van der Waals surface area contributed by atoms with E-state index in [1.165, 1.54) is 18.5 Å². The molecule has 0 atom stereocenters. The molecule has 10 N–H and O–H groups in total. The first-order valence-corrected chi connectivity index (χ1v) is 15.3. The van der Waals surface area contributed by atoms with Crippen LogP contribution in [0.5, 0.6) is 11.5 Å². The number of imidazole rings is 1. The third-order valence-electron chi connectivity index (χ3n) is 7.03. The van der Waals surface area contributed by atoms with Gasteiger partial charge in [0.1, 0.15) is 17.8 Å². The van der Waals surface area contributed by atoms with Crippen LogP contribution in [0.1, 0.15) is 42.3 Å². The molecule has 18 nitrogen and oxygen atoms in total. The van der Waals surface area contributed by atoms with Gasteiger partial charge in [0.2, 0.25) is 11.6 Å². The minimum atomic E-state index is -0.758. The number of hydrogen-bond donors (Lipinski definition) is 9. The number of nitrogens with zero attached hydrogens (tertiary/aromatic N) is 5. The fourth-order valence-electron chi connectivity index (χ4n) is 4.87. The molecule has 0 bridgehead atoms. The van der Waals surface area contributed by atoms with Gasteiger partial charge in [0.15, 0.2) is 11.3 Å². The lowest BCUT2D eigenvalue weighted by Crippen LogP contribution is -2.30. The molecule has 2 heterocycles. The first-order valence-electron chi connectivity index (χ1n) is 14.7. The number of hydrogen-bond acceptors (Lipinski definition) is 15. The number of rotatable bonds is 15. The summed E-state index contributed by atoms with van der Waals surface area (Å²) in [6.07, 6.45) is 1.18. The zero-order chi connectivity index (χ0) is 34.8. The number of phenols is 2. The highest BCUT2D eigenvalue weighted by Gasteiger charge is 2.37. The lowest BCUT2D eigenvalue weighted by molar-refractivity contribution is 0.0975. The SMILES string of the molecule is NC(=O)c1ncn2c(=O)n(CCCl)nnc12.O=C1c2c(O)ccc(O)c2C(=O)c2c(NCCNCCO)ccc(NCCNCCO)c21. The second-order valence-corrected chi connectivity index (χ2v) is 10.5. The molecule has 2 aromatic carbocycles. The van der Waals surface area contributed by atoms with Gasteiger partial charge in [0, 0.05) is 56.5 Å². The molecule has 0 radical (unpaired) electrons. The fourth-order valence-corrected chi connectivity index (χ4v) is 5.03. The zero-order valence-electron chi connectivity index (χ0n) is 25.6. The predicted molar refractivity (Wildman–Crippen MR) is 174 cm³/mol. The highest BCUT2D eigenvalue weighted by molar-refractivity contribution is 6.33. The van der Waals surface area contributed by atoms with Gasteiger partial charge in [0.05, 0.1) is 42.0 Å². The first-order chi connectivity index (χ1) is 23.2. The van der Waals surface area contributed by atoms with Crippen LogP contribution in [0.3, 0.4) is 0 Å². The number of aliphatic hydroxyl groups is 2. The Kier molecular flexibility index (Phi) is 12.4. The van der Waals surface area contributed by atoms with Crippen molar-refractivity contribution in [3.05, 3.63) is 69.0 Å². The molecule has 0 spiro atoms. The number of alkyl halides is 1. The molecule has 1 aliphatic carbocycles. The number of carbonyl (C=O) groups is 3. The van der Waals surface area contributed by atoms with Crippen molar-refractivity contribution in [2.45, 2.75) is 6.54 Å². The summed E-state index contributed by atoms with van der Waals surface area (Å²) in [4.78, 5) is 53.1. The molecule has 4 aromatic rings. The van der Waals surface area contributed by atoms with Crippen LogP contribution in [0.15, 0.2) is 35.4 Å². The lowest BCUT2D eigenvalue weighted by Gasteiger charge is -2.25. The summed E-state index contributed by atoms with van der Waals surface area (Å²) >= 11 is 5.49. The maximum atomic E-state index is 13.4. The van der Waals surface area contributed by atoms with Crippen molar-refractivity contribution in [2.75, 3.05) is 69.0 Å².